The number of rotatable bonds is 5. The molecule has 1 aromatic rings. The first-order chi connectivity index (χ1) is 7.96. The minimum atomic E-state index is -0.0889. The van der Waals surface area contributed by atoms with Gasteiger partial charge in [0.2, 0.25) is 0 Å². The van der Waals surface area contributed by atoms with Gasteiger partial charge >= 0.3 is 0 Å². The summed E-state index contributed by atoms with van der Waals surface area (Å²) in [6, 6.07) is 0. The first-order valence-corrected chi connectivity index (χ1v) is 6.77. The quantitative estimate of drug-likeness (QED) is 0.817. The van der Waals surface area contributed by atoms with Gasteiger partial charge in [-0.2, -0.15) is 0 Å². The maximum Gasteiger partial charge on any atom is 0.263 e. The summed E-state index contributed by atoms with van der Waals surface area (Å²) in [5.41, 5.74) is 2.53. The van der Waals surface area contributed by atoms with E-state index in [2.05, 4.69) is 36.4 Å². The summed E-state index contributed by atoms with van der Waals surface area (Å²) >= 11 is 1.40. The fraction of sp³-hybridized carbons (Fsp3) is 0.667. The average Bonchev–Trinajstić information content (AvgIpc) is 2.72. The average molecular weight is 328 g/mol. The van der Waals surface area contributed by atoms with Gasteiger partial charge in [-0.3, -0.25) is 4.79 Å². The maximum atomic E-state index is 12.0. The van der Waals surface area contributed by atoms with Crippen molar-refractivity contribution in [3.63, 3.8) is 0 Å². The van der Waals surface area contributed by atoms with Crippen LogP contribution in [0.1, 0.15) is 43.1 Å². The third-order valence-electron chi connectivity index (χ3n) is 2.32. The van der Waals surface area contributed by atoms with Crippen molar-refractivity contribution in [1.29, 1.82) is 0 Å². The van der Waals surface area contributed by atoms with Crippen LogP contribution < -0.4 is 10.6 Å². The van der Waals surface area contributed by atoms with Crippen molar-refractivity contribution in [2.75, 3.05) is 19.6 Å². The molecule has 0 saturated carbocycles. The van der Waals surface area contributed by atoms with E-state index in [1.165, 1.54) is 11.3 Å². The molecule has 19 heavy (non-hydrogen) atoms. The first kappa shape index (κ1) is 20.9. The zero-order valence-corrected chi connectivity index (χ0v) is 14.2. The molecule has 0 aliphatic carbocycles. The molecule has 0 bridgehead atoms. The largest absolute Gasteiger partial charge is 0.350 e. The number of halogens is 2. The topological polar surface area (TPSA) is 54.0 Å². The number of thiazole rings is 1. The number of nitrogens with zero attached hydrogens (tertiary/aromatic N) is 1. The van der Waals surface area contributed by atoms with Gasteiger partial charge in [0.15, 0.2) is 0 Å². The SMILES string of the molecule is CCNCCNC(=O)c1scnc1C(C)(C)C.Cl.Cl. The summed E-state index contributed by atoms with van der Waals surface area (Å²) in [4.78, 5) is 17.0. The molecule has 0 radical (unpaired) electrons. The summed E-state index contributed by atoms with van der Waals surface area (Å²) in [6.07, 6.45) is 0. The van der Waals surface area contributed by atoms with E-state index < -0.39 is 0 Å². The second kappa shape index (κ2) is 9.53. The van der Waals surface area contributed by atoms with Gasteiger partial charge in [0.25, 0.3) is 5.91 Å². The summed E-state index contributed by atoms with van der Waals surface area (Å²) in [6.45, 7) is 10.6. The van der Waals surface area contributed by atoms with E-state index in [0.717, 1.165) is 23.7 Å². The highest BCUT2D eigenvalue weighted by Gasteiger charge is 2.24. The number of carbonyl (C=O) groups excluding carboxylic acids is 1. The van der Waals surface area contributed by atoms with Gasteiger partial charge < -0.3 is 10.6 Å². The van der Waals surface area contributed by atoms with Crippen molar-refractivity contribution >= 4 is 42.1 Å². The second-order valence-electron chi connectivity index (χ2n) is 4.89. The Morgan fingerprint density at radius 1 is 1.32 bits per heavy atom. The van der Waals surface area contributed by atoms with Crippen molar-refractivity contribution in [3.05, 3.63) is 16.1 Å². The Morgan fingerprint density at radius 3 is 2.47 bits per heavy atom. The standard InChI is InChI=1S/C12H21N3OS.2ClH/c1-5-13-6-7-14-11(16)9-10(12(2,3)4)15-8-17-9;;/h8,13H,5-7H2,1-4H3,(H,14,16);2*1H. The predicted octanol–water partition coefficient (Wildman–Crippen LogP) is 2.62. The molecule has 4 nitrogen and oxygen atoms in total. The first-order valence-electron chi connectivity index (χ1n) is 5.89. The number of carbonyl (C=O) groups is 1. The van der Waals surface area contributed by atoms with Crippen LogP contribution in [-0.4, -0.2) is 30.5 Å². The van der Waals surface area contributed by atoms with Crippen LogP contribution in [0.25, 0.3) is 0 Å². The summed E-state index contributed by atoms with van der Waals surface area (Å²) in [5.74, 6) is -0.0182. The van der Waals surface area contributed by atoms with Crippen LogP contribution in [0, 0.1) is 0 Å². The smallest absolute Gasteiger partial charge is 0.263 e. The second-order valence-corrected chi connectivity index (χ2v) is 5.74. The molecule has 0 aliphatic heterocycles. The fourth-order valence-corrected chi connectivity index (χ4v) is 2.38. The molecule has 0 saturated heterocycles. The van der Waals surface area contributed by atoms with E-state index in [0.29, 0.717) is 6.54 Å². The zero-order chi connectivity index (χ0) is 12.9. The van der Waals surface area contributed by atoms with Crippen molar-refractivity contribution in [1.82, 2.24) is 15.6 Å². The van der Waals surface area contributed by atoms with Crippen LogP contribution in [0.15, 0.2) is 5.51 Å². The number of aromatic nitrogens is 1. The summed E-state index contributed by atoms with van der Waals surface area (Å²) < 4.78 is 0. The Kier molecular flexibility index (Phi) is 10.5. The zero-order valence-electron chi connectivity index (χ0n) is 11.8. The van der Waals surface area contributed by atoms with Crippen LogP contribution in [0.4, 0.5) is 0 Å². The Balaban J connectivity index is 0. The molecule has 1 amide bonds. The lowest BCUT2D eigenvalue weighted by Gasteiger charge is -2.17. The molecule has 2 N–H and O–H groups in total. The van der Waals surface area contributed by atoms with E-state index in [9.17, 15) is 4.79 Å². The van der Waals surface area contributed by atoms with Gasteiger partial charge in [0, 0.05) is 18.5 Å². The lowest BCUT2D eigenvalue weighted by molar-refractivity contribution is 0.0955. The highest BCUT2D eigenvalue weighted by Crippen LogP contribution is 2.26. The molecule has 0 spiro atoms. The number of nitrogens with one attached hydrogen (secondary N) is 2. The minimum Gasteiger partial charge on any atom is -0.350 e. The van der Waals surface area contributed by atoms with Crippen molar-refractivity contribution in [2.24, 2.45) is 0 Å². The van der Waals surface area contributed by atoms with E-state index in [4.69, 9.17) is 0 Å². The van der Waals surface area contributed by atoms with Gasteiger partial charge in [-0.25, -0.2) is 4.98 Å². The third kappa shape index (κ3) is 6.56. The summed E-state index contributed by atoms with van der Waals surface area (Å²) in [7, 11) is 0. The van der Waals surface area contributed by atoms with E-state index >= 15 is 0 Å². The normalized spacial score (nSPS) is 10.3. The molecule has 1 rings (SSSR count). The Hall–Kier alpha value is -0.360. The van der Waals surface area contributed by atoms with E-state index in [1.807, 2.05) is 6.92 Å². The van der Waals surface area contributed by atoms with Gasteiger partial charge in [-0.1, -0.05) is 27.7 Å². The molecule has 0 fully saturated rings. The monoisotopic (exact) mass is 327 g/mol. The number of likely N-dealkylation sites (N-methyl/N-ethyl adjacent to an activating group) is 1. The molecule has 1 heterocycles. The molecular formula is C12H23Cl2N3OS. The van der Waals surface area contributed by atoms with Gasteiger partial charge in [0.1, 0.15) is 4.88 Å². The third-order valence-corrected chi connectivity index (χ3v) is 3.15. The maximum absolute atomic E-state index is 12.0. The van der Waals surface area contributed by atoms with Gasteiger partial charge in [0.05, 0.1) is 11.2 Å². The van der Waals surface area contributed by atoms with Crippen molar-refractivity contribution in [3.8, 4) is 0 Å². The minimum absolute atomic E-state index is 0. The van der Waals surface area contributed by atoms with E-state index in [1.54, 1.807) is 5.51 Å². The Bertz CT molecular complexity index is 377. The van der Waals surface area contributed by atoms with Gasteiger partial charge in [-0.05, 0) is 6.54 Å². The summed E-state index contributed by atoms with van der Waals surface area (Å²) in [5, 5.41) is 6.07. The lowest BCUT2D eigenvalue weighted by atomic mass is 9.91. The molecule has 0 aliphatic rings. The number of amides is 1. The highest BCUT2D eigenvalue weighted by atomic mass is 35.5. The van der Waals surface area contributed by atoms with Crippen LogP contribution in [0.2, 0.25) is 0 Å². The molecule has 0 unspecified atom stereocenters. The van der Waals surface area contributed by atoms with Crippen LogP contribution in [0.5, 0.6) is 0 Å². The fourth-order valence-electron chi connectivity index (χ4n) is 1.46. The van der Waals surface area contributed by atoms with Crippen molar-refractivity contribution in [2.45, 2.75) is 33.1 Å². The van der Waals surface area contributed by atoms with E-state index in [-0.39, 0.29) is 36.1 Å². The van der Waals surface area contributed by atoms with Crippen LogP contribution >= 0.6 is 36.2 Å². The van der Waals surface area contributed by atoms with Crippen molar-refractivity contribution < 1.29 is 4.79 Å². The lowest BCUT2D eigenvalue weighted by Crippen LogP contribution is -2.32. The molecular weight excluding hydrogens is 305 g/mol. The molecule has 112 valence electrons. The predicted molar refractivity (Wildman–Crippen MR) is 86.2 cm³/mol. The Morgan fingerprint density at radius 2 is 1.95 bits per heavy atom. The number of hydrogen-bond acceptors (Lipinski definition) is 4. The molecule has 1 aromatic heterocycles. The van der Waals surface area contributed by atoms with Gasteiger partial charge in [-0.15, -0.1) is 36.2 Å². The highest BCUT2D eigenvalue weighted by molar-refractivity contribution is 7.11. The Labute approximate surface area is 131 Å². The molecule has 7 heteroatoms. The molecule has 0 aromatic carbocycles. The van der Waals surface area contributed by atoms with Crippen LogP contribution in [-0.2, 0) is 5.41 Å². The number of hydrogen-bond donors (Lipinski definition) is 2. The molecule has 0 atom stereocenters. The van der Waals surface area contributed by atoms with Crippen LogP contribution in [0.3, 0.4) is 0 Å².